The molecule has 2 aromatic heterocycles. The number of nitrogens with one attached hydrogen (secondary N) is 8. The van der Waals surface area contributed by atoms with Crippen LogP contribution in [0.4, 0.5) is 0 Å². The van der Waals surface area contributed by atoms with Crippen molar-refractivity contribution in [3.8, 4) is 0 Å². The monoisotopic (exact) mass is 1120 g/mol. The van der Waals surface area contributed by atoms with Crippen molar-refractivity contribution in [1.29, 1.82) is 0 Å². The molecule has 10 nitrogen and oxygen atoms in total. The van der Waals surface area contributed by atoms with Crippen LogP contribution in [0.1, 0.15) is 148 Å². The number of nitrogens with zero attached hydrogens (tertiary/aromatic N) is 2. The molecule has 18 heteroatoms. The molecule has 4 fully saturated rings. The molecular weight excluding hydrogens is 1050 g/mol. The Balaban J connectivity index is 0.000000370. The molecule has 0 spiro atoms. The normalized spacial score (nSPS) is 29.0. The van der Waals surface area contributed by atoms with Gasteiger partial charge in [-0.3, -0.25) is 9.97 Å². The van der Waals surface area contributed by atoms with E-state index in [0.29, 0.717) is 48.3 Å². The molecular formula is C45H80BrCl5Mn2N10. The van der Waals surface area contributed by atoms with Gasteiger partial charge in [-0.15, -0.1) is 0 Å². The Morgan fingerprint density at radius 1 is 0.397 bits per heavy atom. The maximum absolute atomic E-state index is 6.39. The second-order valence-electron chi connectivity index (χ2n) is 17.0. The third kappa shape index (κ3) is 22.1. The summed E-state index contributed by atoms with van der Waals surface area (Å²) in [4.78, 5) is 9.79. The second kappa shape index (κ2) is 35.1. The summed E-state index contributed by atoms with van der Waals surface area (Å²) < 4.78 is 1.13. The molecule has 8 rings (SSSR count). The van der Waals surface area contributed by atoms with Crippen molar-refractivity contribution in [3.63, 3.8) is 0 Å². The third-order valence-electron chi connectivity index (χ3n) is 12.9. The van der Waals surface area contributed by atoms with Crippen LogP contribution in [0.5, 0.6) is 0 Å². The van der Waals surface area contributed by atoms with Crippen LogP contribution in [0.2, 0.25) is 5.02 Å². The quantitative estimate of drug-likeness (QED) is 0.121. The Labute approximate surface area is 425 Å². The van der Waals surface area contributed by atoms with Crippen molar-refractivity contribution >= 4 is 67.9 Å². The van der Waals surface area contributed by atoms with Crippen LogP contribution >= 0.6 is 67.9 Å². The summed E-state index contributed by atoms with van der Waals surface area (Å²) in [5.74, 6) is 0. The summed E-state index contributed by atoms with van der Waals surface area (Å²) in [5.41, 5.74) is 4.38. The molecule has 0 radical (unpaired) electrons. The fraction of sp³-hybridized carbons (Fsp3) is 0.778. The van der Waals surface area contributed by atoms with Gasteiger partial charge in [-0.05, 0) is 75.6 Å². The van der Waals surface area contributed by atoms with Gasteiger partial charge in [0, 0.05) is 110 Å². The first-order valence-electron chi connectivity index (χ1n) is 22.3. The minimum atomic E-state index is 0. The topological polar surface area (TPSA) is 122 Å². The van der Waals surface area contributed by atoms with Crippen LogP contribution in [-0.2, 0) is 52.4 Å². The number of aromatic nitrogens is 2. The van der Waals surface area contributed by atoms with E-state index >= 15 is 0 Å². The third-order valence-corrected chi connectivity index (χ3v) is 13.6. The van der Waals surface area contributed by atoms with Gasteiger partial charge in [0.2, 0.25) is 0 Å². The summed E-state index contributed by atoms with van der Waals surface area (Å²) >= 11 is 10.1. The van der Waals surface area contributed by atoms with Crippen LogP contribution in [0.15, 0.2) is 28.7 Å². The second-order valence-corrected chi connectivity index (χ2v) is 22.2. The molecule has 4 bridgehead atoms. The molecule has 4 saturated carbocycles. The van der Waals surface area contributed by atoms with E-state index in [-0.39, 0.29) is 48.5 Å². The van der Waals surface area contributed by atoms with Crippen LogP contribution in [0, 0.1) is 0 Å². The average Bonchev–Trinajstić information content (AvgIpc) is 3.26. The number of rotatable bonds is 0. The van der Waals surface area contributed by atoms with E-state index in [9.17, 15) is 0 Å². The Hall–Kier alpha value is 0.949. The molecule has 6 aliphatic rings. The van der Waals surface area contributed by atoms with E-state index in [1.54, 1.807) is 0 Å². The van der Waals surface area contributed by atoms with Crippen molar-refractivity contribution in [2.75, 3.05) is 26.2 Å². The van der Waals surface area contributed by atoms with Crippen molar-refractivity contribution in [1.82, 2.24) is 52.5 Å². The number of pyridine rings is 2. The minimum absolute atomic E-state index is 0. The Morgan fingerprint density at radius 2 is 0.603 bits per heavy atom. The van der Waals surface area contributed by atoms with Gasteiger partial charge in [0.05, 0.1) is 22.8 Å². The van der Waals surface area contributed by atoms with E-state index in [1.165, 1.54) is 103 Å². The summed E-state index contributed by atoms with van der Waals surface area (Å²) in [6, 6.07) is 12.8. The molecule has 8 N–H and O–H groups in total. The number of hydrogen-bond acceptors (Lipinski definition) is 10. The number of halogens is 6. The zero-order valence-electron chi connectivity index (χ0n) is 34.8. The molecule has 0 saturated heterocycles. The molecule has 2 aromatic rings. The molecule has 4 heterocycles. The van der Waals surface area contributed by atoms with Gasteiger partial charge < -0.3 is 42.5 Å². The molecule has 8 atom stereocenters. The first-order valence-corrected chi connectivity index (χ1v) is 30.0. The average molecular weight is 1130 g/mol. The summed E-state index contributed by atoms with van der Waals surface area (Å²) in [7, 11) is 19.2. The molecule has 366 valence electrons. The van der Waals surface area contributed by atoms with Gasteiger partial charge >= 0.3 is 66.7 Å². The van der Waals surface area contributed by atoms with Gasteiger partial charge in [0.25, 0.3) is 0 Å². The zero-order valence-corrected chi connectivity index (χ0v) is 42.5. The van der Waals surface area contributed by atoms with Gasteiger partial charge in [-0.2, -0.15) is 0 Å². The van der Waals surface area contributed by atoms with Crippen molar-refractivity contribution in [2.24, 2.45) is 0 Å². The number of fused-ring (bicyclic) bond motifs is 8. The van der Waals surface area contributed by atoms with E-state index < -0.39 is 0 Å². The zero-order chi connectivity index (χ0) is 42.4. The standard InChI is InChI=1S/C21H34BrN5.C21H34ClN5.3CH4.4ClH.2Mn/c2*22-15-11-16-13-25-20-7-3-1-5-18(20)23-9-10-24-19-6-2-4-8-21(19)26-14-17(12-15)27-16;;;;;;;;;/h2*11-12,18-21,23-26H,1-10,13-14H2;3*1H4;4*1H;;/q;;;;;;;;;2*+2/p-4/t2*18-,19-,20-,21-;;;;;;;;;/m11........./s1. The van der Waals surface area contributed by atoms with Crippen LogP contribution in [0.25, 0.3) is 0 Å². The van der Waals surface area contributed by atoms with Crippen molar-refractivity contribution in [2.45, 2.75) is 200 Å². The van der Waals surface area contributed by atoms with Gasteiger partial charge in [0.15, 0.2) is 0 Å². The molecule has 0 aromatic carbocycles. The first-order chi connectivity index (χ1) is 29.4. The van der Waals surface area contributed by atoms with E-state index in [4.69, 9.17) is 62.0 Å². The number of hydrogen-bond donors (Lipinski definition) is 8. The maximum atomic E-state index is 6.39. The van der Waals surface area contributed by atoms with E-state index in [0.717, 1.165) is 84.6 Å². The molecule has 4 aliphatic carbocycles. The molecule has 0 amide bonds. The summed E-state index contributed by atoms with van der Waals surface area (Å²) in [5, 5.41) is 31.2. The van der Waals surface area contributed by atoms with E-state index in [2.05, 4.69) is 70.6 Å². The van der Waals surface area contributed by atoms with Gasteiger partial charge in [-0.1, -0.05) is 101 Å². The Kier molecular flexibility index (Phi) is 33.5. The van der Waals surface area contributed by atoms with Crippen LogP contribution < -0.4 is 42.5 Å². The predicted molar refractivity (Wildman–Crippen MR) is 268 cm³/mol. The van der Waals surface area contributed by atoms with Crippen LogP contribution in [-0.4, -0.2) is 84.5 Å². The summed E-state index contributed by atoms with van der Waals surface area (Å²) in [6.45, 7) is 7.49. The molecule has 2 aliphatic heterocycles. The fourth-order valence-electron chi connectivity index (χ4n) is 10.0. The fourth-order valence-corrected chi connectivity index (χ4v) is 10.8. The SMILES string of the molecule is Brc1cc2nc(c1)CN[C@@H]1CCCC[C@H]1NCCN[C@@H]1CCCC[C@H]1NC2.C.C.C.Clc1cc2nc(c1)CN[C@@H]1CCCC[C@H]1NCCN[C@@H]1CCCC[C@H]1NC2.[Cl][Mn][Cl].[Cl][Mn][Cl]. The predicted octanol–water partition coefficient (Wildman–Crippen LogP) is 10.2. The summed E-state index contributed by atoms with van der Waals surface area (Å²) in [6.07, 6.45) is 20.7. The van der Waals surface area contributed by atoms with Crippen LogP contribution in [0.3, 0.4) is 0 Å². The Morgan fingerprint density at radius 3 is 0.841 bits per heavy atom. The van der Waals surface area contributed by atoms with Gasteiger partial charge in [-0.25, -0.2) is 0 Å². The van der Waals surface area contributed by atoms with Crippen molar-refractivity contribution < 1.29 is 26.3 Å². The van der Waals surface area contributed by atoms with Crippen molar-refractivity contribution in [3.05, 3.63) is 56.5 Å². The van der Waals surface area contributed by atoms with E-state index in [1.807, 2.05) is 12.1 Å². The Bertz CT molecular complexity index is 1290. The van der Waals surface area contributed by atoms with Gasteiger partial charge in [0.1, 0.15) is 0 Å². The molecule has 0 unspecified atom stereocenters. The first kappa shape index (κ1) is 60.1. The molecule has 63 heavy (non-hydrogen) atoms.